The van der Waals surface area contributed by atoms with Crippen molar-refractivity contribution >= 4 is 5.97 Å². The molecule has 26 heavy (non-hydrogen) atoms. The van der Waals surface area contributed by atoms with Gasteiger partial charge in [0.05, 0.1) is 19.6 Å². The van der Waals surface area contributed by atoms with Crippen LogP contribution in [0.5, 0.6) is 0 Å². The highest BCUT2D eigenvalue weighted by Gasteiger charge is 2.07. The molecule has 0 aliphatic heterocycles. The molecule has 0 spiro atoms. The van der Waals surface area contributed by atoms with Crippen molar-refractivity contribution in [1.82, 2.24) is 0 Å². The van der Waals surface area contributed by atoms with E-state index in [-0.39, 0.29) is 5.97 Å². The lowest BCUT2D eigenvalue weighted by Gasteiger charge is -2.14. The molecule has 0 aliphatic carbocycles. The van der Waals surface area contributed by atoms with Crippen LogP contribution >= 0.6 is 0 Å². The molecule has 0 aromatic heterocycles. The number of rotatable bonds is 19. The third-order valence-electron chi connectivity index (χ3n) is 5.06. The number of hydrogen-bond donors (Lipinski definition) is 0. The van der Waals surface area contributed by atoms with Crippen LogP contribution in [-0.2, 0) is 14.3 Å². The quantitative estimate of drug-likeness (QED) is 0.183. The first kappa shape index (κ1) is 25.4. The third-order valence-corrected chi connectivity index (χ3v) is 5.06. The minimum Gasteiger partial charge on any atom is -0.466 e. The summed E-state index contributed by atoms with van der Waals surface area (Å²) in [5, 5.41) is 0. The van der Waals surface area contributed by atoms with E-state index in [1.54, 1.807) is 0 Å². The van der Waals surface area contributed by atoms with E-state index < -0.39 is 0 Å². The molecule has 0 heterocycles. The van der Waals surface area contributed by atoms with Gasteiger partial charge in [0.1, 0.15) is 0 Å². The summed E-state index contributed by atoms with van der Waals surface area (Å²) in [5.41, 5.74) is 0. The molecular formula is C23H46O3. The van der Waals surface area contributed by atoms with Gasteiger partial charge >= 0.3 is 5.97 Å². The summed E-state index contributed by atoms with van der Waals surface area (Å²) in [6.45, 7) is 10.9. The monoisotopic (exact) mass is 370 g/mol. The van der Waals surface area contributed by atoms with Gasteiger partial charge in [0.15, 0.2) is 0 Å². The SMILES string of the molecule is CCCCCCCCOC(=O)CCOCC(C)CCCC(C)CCCC. The summed E-state index contributed by atoms with van der Waals surface area (Å²) in [7, 11) is 0. The Balaban J connectivity index is 3.39. The largest absolute Gasteiger partial charge is 0.466 e. The van der Waals surface area contributed by atoms with E-state index >= 15 is 0 Å². The van der Waals surface area contributed by atoms with E-state index in [4.69, 9.17) is 9.47 Å². The minimum atomic E-state index is -0.115. The van der Waals surface area contributed by atoms with Gasteiger partial charge in [-0.25, -0.2) is 0 Å². The highest BCUT2D eigenvalue weighted by molar-refractivity contribution is 5.69. The molecule has 2 unspecified atom stereocenters. The maximum Gasteiger partial charge on any atom is 0.308 e. The minimum absolute atomic E-state index is 0.115. The van der Waals surface area contributed by atoms with Crippen molar-refractivity contribution in [3.05, 3.63) is 0 Å². The Morgan fingerprint density at radius 1 is 0.731 bits per heavy atom. The predicted molar refractivity (Wildman–Crippen MR) is 111 cm³/mol. The second-order valence-corrected chi connectivity index (χ2v) is 8.10. The Kier molecular flexibility index (Phi) is 18.8. The first-order valence-electron chi connectivity index (χ1n) is 11.3. The molecule has 0 bridgehead atoms. The topological polar surface area (TPSA) is 35.5 Å². The molecule has 0 saturated heterocycles. The number of hydrogen-bond acceptors (Lipinski definition) is 3. The van der Waals surface area contributed by atoms with Crippen LogP contribution in [0.25, 0.3) is 0 Å². The Labute approximate surface area is 163 Å². The van der Waals surface area contributed by atoms with Crippen molar-refractivity contribution in [2.45, 2.75) is 111 Å². The zero-order valence-electron chi connectivity index (χ0n) is 18.2. The van der Waals surface area contributed by atoms with Gasteiger partial charge in [0, 0.05) is 6.61 Å². The Morgan fingerprint density at radius 3 is 2.08 bits per heavy atom. The van der Waals surface area contributed by atoms with Crippen molar-refractivity contribution in [3.63, 3.8) is 0 Å². The van der Waals surface area contributed by atoms with Gasteiger partial charge < -0.3 is 9.47 Å². The lowest BCUT2D eigenvalue weighted by atomic mass is 9.95. The zero-order chi connectivity index (χ0) is 19.5. The highest BCUT2D eigenvalue weighted by Crippen LogP contribution is 2.17. The molecule has 0 fully saturated rings. The van der Waals surface area contributed by atoms with Crippen LogP contribution in [-0.4, -0.2) is 25.8 Å². The van der Waals surface area contributed by atoms with Crippen LogP contribution in [0.2, 0.25) is 0 Å². The van der Waals surface area contributed by atoms with Gasteiger partial charge in [-0.3, -0.25) is 4.79 Å². The van der Waals surface area contributed by atoms with Crippen LogP contribution in [0.1, 0.15) is 111 Å². The van der Waals surface area contributed by atoms with Crippen molar-refractivity contribution in [1.29, 1.82) is 0 Å². The standard InChI is InChI=1S/C23H46O3/c1-5-7-9-10-11-12-18-26-23(24)17-19-25-20-22(4)16-13-15-21(3)14-8-6-2/h21-22H,5-20H2,1-4H3. The summed E-state index contributed by atoms with van der Waals surface area (Å²) < 4.78 is 10.9. The van der Waals surface area contributed by atoms with Gasteiger partial charge in [0.25, 0.3) is 0 Å². The second kappa shape index (κ2) is 19.2. The lowest BCUT2D eigenvalue weighted by Crippen LogP contribution is -2.12. The van der Waals surface area contributed by atoms with Gasteiger partial charge in [0.2, 0.25) is 0 Å². The maximum absolute atomic E-state index is 11.7. The lowest BCUT2D eigenvalue weighted by molar-refractivity contribution is -0.145. The van der Waals surface area contributed by atoms with E-state index in [0.29, 0.717) is 25.6 Å². The summed E-state index contributed by atoms with van der Waals surface area (Å²) in [6.07, 6.45) is 15.5. The Bertz CT molecular complexity index is 304. The molecule has 2 atom stereocenters. The van der Waals surface area contributed by atoms with E-state index in [1.807, 2.05) is 0 Å². The molecule has 0 aromatic rings. The summed E-state index contributed by atoms with van der Waals surface area (Å²) >= 11 is 0. The molecule has 156 valence electrons. The normalized spacial score (nSPS) is 13.5. The summed E-state index contributed by atoms with van der Waals surface area (Å²) in [5.74, 6) is 1.31. The fourth-order valence-corrected chi connectivity index (χ4v) is 3.18. The molecule has 3 heteroatoms. The van der Waals surface area contributed by atoms with E-state index in [0.717, 1.165) is 18.9 Å². The molecule has 0 rings (SSSR count). The van der Waals surface area contributed by atoms with Crippen molar-refractivity contribution in [2.24, 2.45) is 11.8 Å². The zero-order valence-corrected chi connectivity index (χ0v) is 18.2. The van der Waals surface area contributed by atoms with E-state index in [2.05, 4.69) is 27.7 Å². The smallest absolute Gasteiger partial charge is 0.308 e. The molecule has 0 amide bonds. The first-order valence-corrected chi connectivity index (χ1v) is 11.3. The van der Waals surface area contributed by atoms with Gasteiger partial charge in [-0.2, -0.15) is 0 Å². The molecule has 0 radical (unpaired) electrons. The van der Waals surface area contributed by atoms with Crippen molar-refractivity contribution in [3.8, 4) is 0 Å². The van der Waals surface area contributed by atoms with Crippen molar-refractivity contribution < 1.29 is 14.3 Å². The van der Waals surface area contributed by atoms with E-state index in [1.165, 1.54) is 70.6 Å². The van der Waals surface area contributed by atoms with Crippen LogP contribution in [0.3, 0.4) is 0 Å². The summed E-state index contributed by atoms with van der Waals surface area (Å²) in [6, 6.07) is 0. The summed E-state index contributed by atoms with van der Waals surface area (Å²) in [4.78, 5) is 11.7. The third kappa shape index (κ3) is 18.2. The average molecular weight is 371 g/mol. The van der Waals surface area contributed by atoms with E-state index in [9.17, 15) is 4.79 Å². The fraction of sp³-hybridized carbons (Fsp3) is 0.957. The number of esters is 1. The predicted octanol–water partition coefficient (Wildman–Crippen LogP) is 6.93. The number of unbranched alkanes of at least 4 members (excludes halogenated alkanes) is 6. The first-order chi connectivity index (χ1) is 12.6. The second-order valence-electron chi connectivity index (χ2n) is 8.10. The molecule has 0 aromatic carbocycles. The number of carbonyl (C=O) groups is 1. The van der Waals surface area contributed by atoms with Crippen LogP contribution in [0.15, 0.2) is 0 Å². The fourth-order valence-electron chi connectivity index (χ4n) is 3.18. The van der Waals surface area contributed by atoms with Gasteiger partial charge in [-0.05, 0) is 24.7 Å². The highest BCUT2D eigenvalue weighted by atomic mass is 16.5. The van der Waals surface area contributed by atoms with Gasteiger partial charge in [-0.15, -0.1) is 0 Å². The Hall–Kier alpha value is -0.570. The Morgan fingerprint density at radius 2 is 1.35 bits per heavy atom. The molecular weight excluding hydrogens is 324 g/mol. The van der Waals surface area contributed by atoms with Crippen LogP contribution in [0.4, 0.5) is 0 Å². The van der Waals surface area contributed by atoms with Crippen molar-refractivity contribution in [2.75, 3.05) is 19.8 Å². The molecule has 0 saturated carbocycles. The molecule has 0 aliphatic rings. The number of ether oxygens (including phenoxy) is 2. The van der Waals surface area contributed by atoms with Crippen LogP contribution in [0, 0.1) is 11.8 Å². The maximum atomic E-state index is 11.7. The molecule has 3 nitrogen and oxygen atoms in total. The average Bonchev–Trinajstić information content (AvgIpc) is 2.62. The molecule has 0 N–H and O–H groups in total. The van der Waals surface area contributed by atoms with Crippen LogP contribution < -0.4 is 0 Å². The number of carbonyl (C=O) groups excluding carboxylic acids is 1. The van der Waals surface area contributed by atoms with Gasteiger partial charge in [-0.1, -0.05) is 91.9 Å².